The molecule has 1 amide bonds. The number of hydrogen-bond donors (Lipinski definition) is 2. The molecular formula is C22H23F7N2O. The zero-order chi connectivity index (χ0) is 24.3. The van der Waals surface area contributed by atoms with E-state index in [2.05, 4.69) is 0 Å². The lowest BCUT2D eigenvalue weighted by atomic mass is 9.76. The normalized spacial score (nSPS) is 20.1. The minimum atomic E-state index is -5.08. The Morgan fingerprint density at radius 2 is 1.84 bits per heavy atom. The number of halogens is 7. The Labute approximate surface area is 180 Å². The van der Waals surface area contributed by atoms with Crippen molar-refractivity contribution in [1.29, 1.82) is 5.41 Å². The second-order valence-corrected chi connectivity index (χ2v) is 7.69. The first-order valence-corrected chi connectivity index (χ1v) is 9.88. The van der Waals surface area contributed by atoms with Gasteiger partial charge < -0.3 is 10.7 Å². The van der Waals surface area contributed by atoms with E-state index < -0.39 is 48.0 Å². The molecule has 32 heavy (non-hydrogen) atoms. The van der Waals surface area contributed by atoms with Crippen LogP contribution >= 0.6 is 0 Å². The molecule has 176 valence electrons. The van der Waals surface area contributed by atoms with Crippen molar-refractivity contribution < 1.29 is 35.5 Å². The molecule has 1 aromatic carbocycles. The van der Waals surface area contributed by atoms with Gasteiger partial charge in [0.15, 0.2) is 5.54 Å². The summed E-state index contributed by atoms with van der Waals surface area (Å²) in [6.45, 7) is 2.86. The molecule has 1 atom stereocenters. The van der Waals surface area contributed by atoms with Crippen molar-refractivity contribution in [2.45, 2.75) is 63.8 Å². The number of alkyl halides is 6. The molecule has 3 nitrogen and oxygen atoms in total. The molecule has 1 aromatic rings. The number of aryl methyl sites for hydroxylation is 1. The predicted octanol–water partition coefficient (Wildman–Crippen LogP) is 6.29. The monoisotopic (exact) mass is 464 g/mol. The largest absolute Gasteiger partial charge is 0.416 e. The third-order valence-electron chi connectivity index (χ3n) is 5.37. The number of unbranched alkanes of at least 4 members (excludes halogenated alkanes) is 1. The molecule has 1 heterocycles. The van der Waals surface area contributed by atoms with E-state index in [0.717, 1.165) is 12.1 Å². The lowest BCUT2D eigenvalue weighted by Crippen LogP contribution is -2.59. The summed E-state index contributed by atoms with van der Waals surface area (Å²) in [5.74, 6) is -2.29. The van der Waals surface area contributed by atoms with Crippen LogP contribution in [0.25, 0.3) is 0 Å². The average Bonchev–Trinajstić information content (AvgIpc) is 2.66. The molecule has 0 saturated heterocycles. The van der Waals surface area contributed by atoms with Gasteiger partial charge in [0.2, 0.25) is 5.91 Å². The van der Waals surface area contributed by atoms with E-state index in [0.29, 0.717) is 0 Å². The fraction of sp³-hybridized carbons (Fsp3) is 0.455. The summed E-state index contributed by atoms with van der Waals surface area (Å²) in [5, 5.41) is 9.89. The highest BCUT2D eigenvalue weighted by Crippen LogP contribution is 2.47. The zero-order valence-electron chi connectivity index (χ0n) is 17.5. The molecule has 0 saturated carbocycles. The molecule has 0 bridgehead atoms. The molecule has 0 unspecified atom stereocenters. The van der Waals surface area contributed by atoms with Gasteiger partial charge >= 0.3 is 12.4 Å². The molecule has 2 N–H and O–H groups in total. The standard InChI is InChI=1S/C22H23F7N2O/c1-3-6-18(30)15-12-20(22(27,28)29,31-19(32)13(15)2)16-9-8-14(11-17(16)23)7-4-5-10-21(24,25)26/h3,6,8-9,11,30H,4-5,7,10,12H2,1-2H3,(H,31,32)/b6-3-,30-18?/t20-/m0/s1. The van der Waals surface area contributed by atoms with Crippen molar-refractivity contribution in [3.05, 3.63) is 58.4 Å². The van der Waals surface area contributed by atoms with E-state index in [1.54, 1.807) is 6.92 Å². The molecule has 0 aliphatic carbocycles. The number of allylic oxidation sites excluding steroid dienone is 2. The Hall–Kier alpha value is -2.65. The first-order chi connectivity index (χ1) is 14.7. The molecule has 1 aliphatic heterocycles. The van der Waals surface area contributed by atoms with Crippen molar-refractivity contribution in [3.8, 4) is 0 Å². The summed E-state index contributed by atoms with van der Waals surface area (Å²) >= 11 is 0. The van der Waals surface area contributed by atoms with Crippen LogP contribution in [-0.2, 0) is 16.8 Å². The summed E-state index contributed by atoms with van der Waals surface area (Å²) < 4.78 is 94.3. The zero-order valence-corrected chi connectivity index (χ0v) is 17.5. The van der Waals surface area contributed by atoms with Gasteiger partial charge in [-0.15, -0.1) is 0 Å². The fourth-order valence-corrected chi connectivity index (χ4v) is 3.63. The summed E-state index contributed by atoms with van der Waals surface area (Å²) in [6, 6.07) is 2.97. The minimum Gasteiger partial charge on any atom is -0.334 e. The van der Waals surface area contributed by atoms with Crippen molar-refractivity contribution in [1.82, 2.24) is 5.32 Å². The second-order valence-electron chi connectivity index (χ2n) is 7.69. The fourth-order valence-electron chi connectivity index (χ4n) is 3.63. The summed E-state index contributed by atoms with van der Waals surface area (Å²) in [6.07, 6.45) is -8.59. The highest BCUT2D eigenvalue weighted by atomic mass is 19.4. The second kappa shape index (κ2) is 9.46. The number of carbonyl (C=O) groups excluding carboxylic acids is 1. The lowest BCUT2D eigenvalue weighted by molar-refractivity contribution is -0.203. The Bertz CT molecular complexity index is 945. The molecule has 10 heteroatoms. The molecule has 1 aliphatic rings. The average molecular weight is 464 g/mol. The van der Waals surface area contributed by atoms with Crippen LogP contribution in [0.2, 0.25) is 0 Å². The Morgan fingerprint density at radius 1 is 1.19 bits per heavy atom. The van der Waals surface area contributed by atoms with E-state index in [4.69, 9.17) is 5.41 Å². The molecule has 0 radical (unpaired) electrons. The lowest BCUT2D eigenvalue weighted by Gasteiger charge is -2.41. The third kappa shape index (κ3) is 5.58. The smallest absolute Gasteiger partial charge is 0.334 e. The van der Waals surface area contributed by atoms with Gasteiger partial charge in [0.25, 0.3) is 0 Å². The van der Waals surface area contributed by atoms with Gasteiger partial charge in [-0.05, 0) is 56.4 Å². The Balaban J connectivity index is 2.40. The Morgan fingerprint density at radius 3 is 2.38 bits per heavy atom. The van der Waals surface area contributed by atoms with E-state index in [1.165, 1.54) is 25.1 Å². The van der Waals surface area contributed by atoms with Gasteiger partial charge in [-0.2, -0.15) is 26.3 Å². The summed E-state index contributed by atoms with van der Waals surface area (Å²) in [7, 11) is 0. The minimum absolute atomic E-state index is 0.0605. The van der Waals surface area contributed by atoms with Gasteiger partial charge in [0.1, 0.15) is 5.82 Å². The van der Waals surface area contributed by atoms with E-state index in [-0.39, 0.29) is 41.7 Å². The van der Waals surface area contributed by atoms with Crippen LogP contribution in [0, 0.1) is 11.2 Å². The predicted molar refractivity (Wildman–Crippen MR) is 106 cm³/mol. The van der Waals surface area contributed by atoms with Crippen LogP contribution in [0.15, 0.2) is 41.5 Å². The van der Waals surface area contributed by atoms with Crippen molar-refractivity contribution in [3.63, 3.8) is 0 Å². The van der Waals surface area contributed by atoms with Gasteiger partial charge in [-0.1, -0.05) is 18.2 Å². The third-order valence-corrected chi connectivity index (χ3v) is 5.37. The topological polar surface area (TPSA) is 53.0 Å². The number of benzene rings is 1. The van der Waals surface area contributed by atoms with E-state index >= 15 is 0 Å². The first-order valence-electron chi connectivity index (χ1n) is 9.88. The molecular weight excluding hydrogens is 441 g/mol. The van der Waals surface area contributed by atoms with Crippen molar-refractivity contribution >= 4 is 11.6 Å². The van der Waals surface area contributed by atoms with Crippen LogP contribution in [0.3, 0.4) is 0 Å². The maximum absolute atomic E-state index is 14.9. The summed E-state index contributed by atoms with van der Waals surface area (Å²) in [4.78, 5) is 12.4. The molecule has 0 fully saturated rings. The number of rotatable bonds is 7. The van der Waals surface area contributed by atoms with Gasteiger partial charge in [-0.3, -0.25) is 4.79 Å². The Kier molecular flexibility index (Phi) is 7.57. The van der Waals surface area contributed by atoms with Crippen molar-refractivity contribution in [2.75, 3.05) is 0 Å². The molecule has 0 aromatic heterocycles. The number of carbonyl (C=O) groups is 1. The van der Waals surface area contributed by atoms with Crippen molar-refractivity contribution in [2.24, 2.45) is 0 Å². The van der Waals surface area contributed by atoms with Gasteiger partial charge in [-0.25, -0.2) is 4.39 Å². The van der Waals surface area contributed by atoms with Crippen LogP contribution in [-0.4, -0.2) is 24.0 Å². The number of hydrogen-bond acceptors (Lipinski definition) is 2. The van der Waals surface area contributed by atoms with E-state index in [1.807, 2.05) is 5.32 Å². The van der Waals surface area contributed by atoms with Crippen LogP contribution < -0.4 is 5.32 Å². The molecule has 0 spiro atoms. The highest BCUT2D eigenvalue weighted by Gasteiger charge is 2.60. The maximum atomic E-state index is 14.9. The van der Waals surface area contributed by atoms with Gasteiger partial charge in [0, 0.05) is 24.0 Å². The quantitative estimate of drug-likeness (QED) is 0.278. The number of nitrogens with one attached hydrogen (secondary N) is 2. The highest BCUT2D eigenvalue weighted by molar-refractivity contribution is 6.12. The van der Waals surface area contributed by atoms with Gasteiger partial charge in [0.05, 0.1) is 5.71 Å². The van der Waals surface area contributed by atoms with Crippen LogP contribution in [0.4, 0.5) is 30.7 Å². The maximum Gasteiger partial charge on any atom is 0.416 e. The molecule has 2 rings (SSSR count). The van der Waals surface area contributed by atoms with Crippen LogP contribution in [0.1, 0.15) is 50.7 Å². The summed E-state index contributed by atoms with van der Waals surface area (Å²) in [5.41, 5.74) is -4.13. The van der Waals surface area contributed by atoms with Crippen LogP contribution in [0.5, 0.6) is 0 Å². The first kappa shape index (κ1) is 25.6. The SMILES string of the molecule is C/C=C\C(=N)C1=C(C)C(=O)N[C@@](c2ccc(CCCCC(F)(F)F)cc2F)(C(F)(F)F)C1. The van der Waals surface area contributed by atoms with E-state index in [9.17, 15) is 35.5 Å². The number of amides is 1.